The third-order valence-corrected chi connectivity index (χ3v) is 9.40. The molecule has 0 aromatic heterocycles. The molecule has 12 heavy (non-hydrogen) atoms. The Balaban J connectivity index is 2.44. The molecule has 1 heterocycles. The zero-order chi connectivity index (χ0) is 9.41. The van der Waals surface area contributed by atoms with Gasteiger partial charge >= 0.3 is 0 Å². The van der Waals surface area contributed by atoms with E-state index in [1.807, 2.05) is 21.6 Å². The largest absolute Gasteiger partial charge is 0.132 e. The summed E-state index contributed by atoms with van der Waals surface area (Å²) < 4.78 is -0.319. The topological polar surface area (TPSA) is 0 Å². The second-order valence-electron chi connectivity index (χ2n) is 4.61. The van der Waals surface area contributed by atoms with Crippen LogP contribution in [0.2, 0.25) is 0 Å². The minimum Gasteiger partial charge on any atom is -0.100 e. The highest BCUT2D eigenvalue weighted by atomic mass is 35.5. The summed E-state index contributed by atoms with van der Waals surface area (Å²) in [7, 11) is 3.84. The van der Waals surface area contributed by atoms with Gasteiger partial charge in [0.1, 0.15) is 4.33 Å². The second-order valence-corrected chi connectivity index (χ2v) is 8.75. The lowest BCUT2D eigenvalue weighted by molar-refractivity contribution is -0.0000809. The van der Waals surface area contributed by atoms with E-state index < -0.39 is 4.33 Å². The van der Waals surface area contributed by atoms with Gasteiger partial charge in [-0.2, -0.15) is 0 Å². The molecule has 1 saturated heterocycles. The van der Waals surface area contributed by atoms with Crippen molar-refractivity contribution >= 4 is 44.8 Å². The van der Waals surface area contributed by atoms with Gasteiger partial charge in [-0.15, -0.1) is 23.2 Å². The second kappa shape index (κ2) is 2.10. The van der Waals surface area contributed by atoms with Gasteiger partial charge < -0.3 is 0 Å². The molecule has 4 heteroatoms. The van der Waals surface area contributed by atoms with Crippen LogP contribution < -0.4 is 0 Å². The summed E-state index contributed by atoms with van der Waals surface area (Å²) in [6.45, 7) is 8.63. The van der Waals surface area contributed by atoms with E-state index in [2.05, 4.69) is 27.7 Å². The third kappa shape index (κ3) is 0.667. The Labute approximate surface area is 91.5 Å². The average molecular weight is 243 g/mol. The first kappa shape index (κ1) is 9.82. The number of halogens is 2. The molecule has 2 aliphatic rings. The van der Waals surface area contributed by atoms with Crippen LogP contribution in [0.1, 0.15) is 27.7 Å². The molecule has 0 aromatic rings. The first-order valence-corrected chi connectivity index (χ1v) is 6.86. The van der Waals surface area contributed by atoms with E-state index in [4.69, 9.17) is 23.2 Å². The Morgan fingerprint density at radius 1 is 0.833 bits per heavy atom. The van der Waals surface area contributed by atoms with Crippen LogP contribution in [0.5, 0.6) is 0 Å². The highest BCUT2D eigenvalue weighted by Gasteiger charge is 2.86. The van der Waals surface area contributed by atoms with E-state index in [0.29, 0.717) is 0 Å². The van der Waals surface area contributed by atoms with Gasteiger partial charge in [-0.05, 0) is 0 Å². The predicted molar refractivity (Wildman–Crippen MR) is 59.9 cm³/mol. The fraction of sp³-hybridized carbons (Fsp3) is 1.00. The van der Waals surface area contributed by atoms with Crippen molar-refractivity contribution in [1.29, 1.82) is 0 Å². The molecule has 2 rings (SSSR count). The molecular weight excluding hydrogens is 231 g/mol. The summed E-state index contributed by atoms with van der Waals surface area (Å²) in [4.78, 5) is 0. The third-order valence-electron chi connectivity index (χ3n) is 3.47. The molecule has 1 spiro atoms. The van der Waals surface area contributed by atoms with Gasteiger partial charge in [-0.25, -0.2) is 0 Å². The summed E-state index contributed by atoms with van der Waals surface area (Å²) in [5.41, 5.74) is 0.0316. The molecule has 0 bridgehead atoms. The fourth-order valence-corrected chi connectivity index (χ4v) is 7.67. The van der Waals surface area contributed by atoms with Crippen molar-refractivity contribution in [2.24, 2.45) is 10.8 Å². The Hall–Kier alpha value is 1.28. The van der Waals surface area contributed by atoms with Crippen LogP contribution in [0.25, 0.3) is 0 Å². The standard InChI is InChI=1S/C8H12Cl2S2/c1-5(2)7(9,10)6(3,4)8(5)11-12-8/h1-4H3. The van der Waals surface area contributed by atoms with Crippen LogP contribution in [-0.2, 0) is 0 Å². The minimum absolute atomic E-state index is 0.0158. The van der Waals surface area contributed by atoms with E-state index in [1.165, 1.54) is 0 Å². The quantitative estimate of drug-likeness (QED) is 0.353. The molecule has 1 aliphatic heterocycles. The summed E-state index contributed by atoms with van der Waals surface area (Å²) in [5, 5.41) is 0. The molecule has 1 saturated carbocycles. The SMILES string of the molecule is CC1(C)C(Cl)(Cl)C(C)(C)C12SS2. The van der Waals surface area contributed by atoms with E-state index in [-0.39, 0.29) is 14.9 Å². The fourth-order valence-electron chi connectivity index (χ4n) is 2.37. The molecule has 0 unspecified atom stereocenters. The van der Waals surface area contributed by atoms with E-state index in [1.54, 1.807) is 0 Å². The summed E-state index contributed by atoms with van der Waals surface area (Å²) >= 11 is 12.7. The molecule has 70 valence electrons. The van der Waals surface area contributed by atoms with Crippen molar-refractivity contribution in [2.45, 2.75) is 36.1 Å². The molecule has 0 atom stereocenters. The highest BCUT2D eigenvalue weighted by Crippen LogP contribution is 2.92. The summed E-state index contributed by atoms with van der Waals surface area (Å²) in [5.74, 6) is 0. The molecule has 0 radical (unpaired) electrons. The maximum atomic E-state index is 6.35. The van der Waals surface area contributed by atoms with Crippen LogP contribution in [0, 0.1) is 10.8 Å². The zero-order valence-electron chi connectivity index (χ0n) is 7.57. The molecular formula is C8H12Cl2S2. The van der Waals surface area contributed by atoms with Gasteiger partial charge in [0, 0.05) is 10.8 Å². The van der Waals surface area contributed by atoms with Gasteiger partial charge in [-0.1, -0.05) is 49.3 Å². The predicted octanol–water partition coefficient (Wildman–Crippen LogP) is 4.32. The highest BCUT2D eigenvalue weighted by molar-refractivity contribution is 8.93. The maximum Gasteiger partial charge on any atom is 0.132 e. The number of alkyl halides is 2. The van der Waals surface area contributed by atoms with Crippen molar-refractivity contribution in [2.75, 3.05) is 0 Å². The normalized spacial score (nSPS) is 37.5. The number of rotatable bonds is 0. The summed E-state index contributed by atoms with van der Waals surface area (Å²) in [6.07, 6.45) is 0. The molecule has 0 N–H and O–H groups in total. The van der Waals surface area contributed by atoms with Crippen LogP contribution in [0.15, 0.2) is 0 Å². The van der Waals surface area contributed by atoms with Gasteiger partial charge in [0.25, 0.3) is 0 Å². The molecule has 0 aromatic carbocycles. The van der Waals surface area contributed by atoms with Crippen molar-refractivity contribution in [3.05, 3.63) is 0 Å². The Kier molecular flexibility index (Phi) is 1.72. The van der Waals surface area contributed by atoms with Crippen molar-refractivity contribution < 1.29 is 0 Å². The van der Waals surface area contributed by atoms with Crippen molar-refractivity contribution in [3.8, 4) is 0 Å². The Morgan fingerprint density at radius 3 is 1.33 bits per heavy atom. The number of hydrogen-bond donors (Lipinski definition) is 0. The van der Waals surface area contributed by atoms with Crippen LogP contribution in [-0.4, -0.2) is 8.41 Å². The van der Waals surface area contributed by atoms with E-state index in [9.17, 15) is 0 Å². The van der Waals surface area contributed by atoms with Crippen LogP contribution >= 0.6 is 44.8 Å². The van der Waals surface area contributed by atoms with Gasteiger partial charge in [-0.3, -0.25) is 0 Å². The van der Waals surface area contributed by atoms with Crippen LogP contribution in [0.3, 0.4) is 0 Å². The van der Waals surface area contributed by atoms with E-state index >= 15 is 0 Å². The maximum absolute atomic E-state index is 6.35. The lowest BCUT2D eigenvalue weighted by atomic mass is 9.54. The molecule has 1 aliphatic carbocycles. The Bertz CT molecular complexity index is 194. The van der Waals surface area contributed by atoms with Crippen molar-refractivity contribution in [3.63, 3.8) is 0 Å². The van der Waals surface area contributed by atoms with Crippen LogP contribution in [0.4, 0.5) is 0 Å². The lowest BCUT2D eigenvalue weighted by Gasteiger charge is -2.65. The van der Waals surface area contributed by atoms with Gasteiger partial charge in [0.2, 0.25) is 0 Å². The Morgan fingerprint density at radius 2 is 1.17 bits per heavy atom. The summed E-state index contributed by atoms with van der Waals surface area (Å²) in [6, 6.07) is 0. The van der Waals surface area contributed by atoms with Crippen molar-refractivity contribution in [1.82, 2.24) is 0 Å². The average Bonchev–Trinajstić information content (AvgIpc) is 2.64. The smallest absolute Gasteiger partial charge is 0.100 e. The monoisotopic (exact) mass is 242 g/mol. The molecule has 0 nitrogen and oxygen atoms in total. The molecule has 2 fully saturated rings. The minimum atomic E-state index is -0.587. The number of hydrogen-bond acceptors (Lipinski definition) is 2. The lowest BCUT2D eigenvalue weighted by Crippen LogP contribution is -2.71. The van der Waals surface area contributed by atoms with Gasteiger partial charge in [0.05, 0.1) is 4.08 Å². The molecule has 0 amide bonds. The zero-order valence-corrected chi connectivity index (χ0v) is 10.7. The first-order chi connectivity index (χ1) is 5.21. The first-order valence-electron chi connectivity index (χ1n) is 3.95. The van der Waals surface area contributed by atoms with Gasteiger partial charge in [0.15, 0.2) is 0 Å². The van der Waals surface area contributed by atoms with E-state index in [0.717, 1.165) is 0 Å².